The highest BCUT2D eigenvalue weighted by atomic mass is 35.5. The van der Waals surface area contributed by atoms with E-state index in [1.165, 1.54) is 0 Å². The van der Waals surface area contributed by atoms with Crippen LogP contribution in [0, 0.1) is 0 Å². The van der Waals surface area contributed by atoms with Gasteiger partial charge in [-0.3, -0.25) is 5.43 Å². The van der Waals surface area contributed by atoms with Gasteiger partial charge in [-0.1, -0.05) is 23.4 Å². The zero-order valence-electron chi connectivity index (χ0n) is 9.63. The summed E-state index contributed by atoms with van der Waals surface area (Å²) in [5.74, 6) is 5.82. The molecule has 0 aliphatic heterocycles. The summed E-state index contributed by atoms with van der Waals surface area (Å²) in [7, 11) is 0. The SMILES string of the molecule is NNc1nc(Sc2ccc(Cl)cc2)c2ccsc2n1. The van der Waals surface area contributed by atoms with Crippen LogP contribution >= 0.6 is 34.7 Å². The Morgan fingerprint density at radius 1 is 1.16 bits per heavy atom. The highest BCUT2D eigenvalue weighted by Gasteiger charge is 2.09. The van der Waals surface area contributed by atoms with E-state index < -0.39 is 0 Å². The minimum Gasteiger partial charge on any atom is -0.292 e. The molecule has 0 saturated carbocycles. The van der Waals surface area contributed by atoms with Gasteiger partial charge in [-0.2, -0.15) is 0 Å². The van der Waals surface area contributed by atoms with Crippen LogP contribution in [-0.2, 0) is 0 Å². The fraction of sp³-hybridized carbons (Fsp3) is 0. The van der Waals surface area contributed by atoms with E-state index in [-0.39, 0.29) is 0 Å². The average molecular weight is 309 g/mol. The Labute approximate surface area is 123 Å². The molecule has 3 N–H and O–H groups in total. The van der Waals surface area contributed by atoms with Gasteiger partial charge in [0.15, 0.2) is 0 Å². The molecule has 3 rings (SSSR count). The number of hydrazine groups is 1. The van der Waals surface area contributed by atoms with E-state index in [1.807, 2.05) is 35.7 Å². The zero-order chi connectivity index (χ0) is 13.2. The lowest BCUT2D eigenvalue weighted by molar-refractivity contribution is 1.08. The third kappa shape index (κ3) is 2.66. The summed E-state index contributed by atoms with van der Waals surface area (Å²) in [4.78, 5) is 10.7. The summed E-state index contributed by atoms with van der Waals surface area (Å²) in [6.45, 7) is 0. The van der Waals surface area contributed by atoms with Gasteiger partial charge in [-0.15, -0.1) is 11.3 Å². The molecule has 0 fully saturated rings. The first kappa shape index (κ1) is 12.7. The van der Waals surface area contributed by atoms with Crippen LogP contribution < -0.4 is 11.3 Å². The van der Waals surface area contributed by atoms with Crippen LogP contribution in [0.1, 0.15) is 0 Å². The van der Waals surface area contributed by atoms with Gasteiger partial charge in [0.25, 0.3) is 0 Å². The fourth-order valence-corrected chi connectivity index (χ4v) is 3.44. The molecule has 0 saturated heterocycles. The first-order valence-electron chi connectivity index (χ1n) is 5.41. The van der Waals surface area contributed by atoms with Crippen molar-refractivity contribution in [2.45, 2.75) is 9.92 Å². The average Bonchev–Trinajstić information content (AvgIpc) is 2.89. The Bertz CT molecular complexity index is 711. The number of halogens is 1. The molecule has 2 aromatic heterocycles. The van der Waals surface area contributed by atoms with Crippen LogP contribution in [0.25, 0.3) is 10.2 Å². The number of hydrogen-bond acceptors (Lipinski definition) is 6. The molecule has 0 spiro atoms. The number of thiophene rings is 1. The lowest BCUT2D eigenvalue weighted by Gasteiger charge is -2.05. The van der Waals surface area contributed by atoms with E-state index in [4.69, 9.17) is 17.4 Å². The number of benzene rings is 1. The smallest absolute Gasteiger partial charge is 0.239 e. The van der Waals surface area contributed by atoms with Crippen molar-refractivity contribution in [1.29, 1.82) is 0 Å². The molecule has 3 aromatic rings. The van der Waals surface area contributed by atoms with Crippen LogP contribution in [0.2, 0.25) is 5.02 Å². The number of fused-ring (bicyclic) bond motifs is 1. The Hall–Kier alpha value is -1.34. The van der Waals surface area contributed by atoms with Gasteiger partial charge in [-0.25, -0.2) is 15.8 Å². The second-order valence-electron chi connectivity index (χ2n) is 3.69. The number of aromatic nitrogens is 2. The normalized spacial score (nSPS) is 10.8. The van der Waals surface area contributed by atoms with Crippen LogP contribution in [0.5, 0.6) is 0 Å². The van der Waals surface area contributed by atoms with Gasteiger partial charge in [-0.05, 0) is 35.7 Å². The molecule has 2 heterocycles. The molecule has 7 heteroatoms. The highest BCUT2D eigenvalue weighted by Crippen LogP contribution is 2.34. The third-order valence-electron chi connectivity index (χ3n) is 2.45. The van der Waals surface area contributed by atoms with E-state index in [9.17, 15) is 0 Å². The van der Waals surface area contributed by atoms with Crippen LogP contribution in [0.4, 0.5) is 5.95 Å². The second kappa shape index (κ2) is 5.34. The van der Waals surface area contributed by atoms with E-state index in [0.717, 1.165) is 25.2 Å². The topological polar surface area (TPSA) is 63.8 Å². The molecule has 0 atom stereocenters. The minimum absolute atomic E-state index is 0.423. The lowest BCUT2D eigenvalue weighted by atomic mass is 10.4. The van der Waals surface area contributed by atoms with Crippen molar-refractivity contribution in [2.75, 3.05) is 5.43 Å². The Kier molecular flexibility index (Phi) is 3.56. The molecule has 0 amide bonds. The Morgan fingerprint density at radius 2 is 1.95 bits per heavy atom. The molecule has 0 unspecified atom stereocenters. The largest absolute Gasteiger partial charge is 0.292 e. The number of nitrogens with one attached hydrogen (secondary N) is 1. The van der Waals surface area contributed by atoms with E-state index in [1.54, 1.807) is 23.1 Å². The summed E-state index contributed by atoms with van der Waals surface area (Å²) >= 11 is 9.00. The first-order valence-corrected chi connectivity index (χ1v) is 7.49. The maximum Gasteiger partial charge on any atom is 0.239 e. The molecule has 0 bridgehead atoms. The predicted molar refractivity (Wildman–Crippen MR) is 80.8 cm³/mol. The summed E-state index contributed by atoms with van der Waals surface area (Å²) in [6, 6.07) is 9.65. The molecule has 4 nitrogen and oxygen atoms in total. The number of hydrogen-bond donors (Lipinski definition) is 2. The van der Waals surface area contributed by atoms with Crippen molar-refractivity contribution in [3.63, 3.8) is 0 Å². The Balaban J connectivity index is 2.03. The van der Waals surface area contributed by atoms with Crippen molar-refractivity contribution >= 4 is 50.9 Å². The number of nitrogen functional groups attached to an aromatic ring is 1. The number of anilines is 1. The second-order valence-corrected chi connectivity index (χ2v) is 6.09. The van der Waals surface area contributed by atoms with Gasteiger partial charge in [0.2, 0.25) is 5.95 Å². The molecule has 19 heavy (non-hydrogen) atoms. The highest BCUT2D eigenvalue weighted by molar-refractivity contribution is 7.99. The van der Waals surface area contributed by atoms with Crippen molar-refractivity contribution in [2.24, 2.45) is 5.84 Å². The Morgan fingerprint density at radius 3 is 2.68 bits per heavy atom. The first-order chi connectivity index (χ1) is 9.26. The minimum atomic E-state index is 0.423. The summed E-state index contributed by atoms with van der Waals surface area (Å²) < 4.78 is 0. The van der Waals surface area contributed by atoms with Gasteiger partial charge >= 0.3 is 0 Å². The third-order valence-corrected chi connectivity index (χ3v) is 4.52. The molecule has 96 valence electrons. The number of nitrogens with two attached hydrogens (primary N) is 1. The molecule has 0 aliphatic carbocycles. The molecular weight excluding hydrogens is 300 g/mol. The standard InChI is InChI=1S/C12H9ClN4S2/c13-7-1-3-8(4-2-7)19-11-9-5-6-18-10(9)15-12(16-11)17-14/h1-6H,14H2,(H,15,16,17). The van der Waals surface area contributed by atoms with Crippen LogP contribution in [0.3, 0.4) is 0 Å². The van der Waals surface area contributed by atoms with E-state index >= 15 is 0 Å². The summed E-state index contributed by atoms with van der Waals surface area (Å²) in [5.41, 5.74) is 2.49. The maximum atomic E-state index is 5.88. The molecule has 0 radical (unpaired) electrons. The van der Waals surface area contributed by atoms with Crippen molar-refractivity contribution in [3.8, 4) is 0 Å². The van der Waals surface area contributed by atoms with Gasteiger partial charge in [0.1, 0.15) is 9.86 Å². The van der Waals surface area contributed by atoms with E-state index in [2.05, 4.69) is 15.4 Å². The molecule has 0 aliphatic rings. The van der Waals surface area contributed by atoms with Gasteiger partial charge in [0.05, 0.1) is 0 Å². The van der Waals surface area contributed by atoms with Crippen LogP contribution in [0.15, 0.2) is 45.6 Å². The molecule has 1 aromatic carbocycles. The van der Waals surface area contributed by atoms with Crippen molar-refractivity contribution < 1.29 is 0 Å². The number of rotatable bonds is 3. The van der Waals surface area contributed by atoms with E-state index in [0.29, 0.717) is 5.95 Å². The monoisotopic (exact) mass is 308 g/mol. The lowest BCUT2D eigenvalue weighted by Crippen LogP contribution is -2.10. The van der Waals surface area contributed by atoms with Gasteiger partial charge < -0.3 is 0 Å². The number of nitrogens with zero attached hydrogens (tertiary/aromatic N) is 2. The van der Waals surface area contributed by atoms with Crippen molar-refractivity contribution in [3.05, 3.63) is 40.7 Å². The maximum absolute atomic E-state index is 5.88. The summed E-state index contributed by atoms with van der Waals surface area (Å²) in [5, 5.41) is 4.62. The van der Waals surface area contributed by atoms with Gasteiger partial charge in [0, 0.05) is 15.3 Å². The molecular formula is C12H9ClN4S2. The fourth-order valence-electron chi connectivity index (χ4n) is 1.58. The summed E-state index contributed by atoms with van der Waals surface area (Å²) in [6.07, 6.45) is 0. The quantitative estimate of drug-likeness (QED) is 0.438. The zero-order valence-corrected chi connectivity index (χ0v) is 12.0. The van der Waals surface area contributed by atoms with Crippen molar-refractivity contribution in [1.82, 2.24) is 9.97 Å². The van der Waals surface area contributed by atoms with Crippen LogP contribution in [-0.4, -0.2) is 9.97 Å². The predicted octanol–water partition coefficient (Wildman–Crippen LogP) is 3.78.